The second kappa shape index (κ2) is 7.95. The zero-order valence-electron chi connectivity index (χ0n) is 15.8. The maximum Gasteiger partial charge on any atom is 0.341 e. The van der Waals surface area contributed by atoms with Gasteiger partial charge in [-0.05, 0) is 26.3 Å². The van der Waals surface area contributed by atoms with E-state index in [1.807, 2.05) is 13.8 Å². The second-order valence-electron chi connectivity index (χ2n) is 7.01. The molecule has 1 saturated heterocycles. The number of nitrogens with zero attached hydrogens (tertiary/aromatic N) is 1. The van der Waals surface area contributed by atoms with Crippen LogP contribution in [-0.4, -0.2) is 61.2 Å². The topological polar surface area (TPSA) is 94.2 Å². The summed E-state index contributed by atoms with van der Waals surface area (Å²) in [5, 5.41) is 2.96. The van der Waals surface area contributed by atoms with Crippen molar-refractivity contribution in [3.8, 4) is 0 Å². The molecule has 2 aliphatic rings. The fourth-order valence-electron chi connectivity index (χ4n) is 3.13. The van der Waals surface area contributed by atoms with Crippen LogP contribution < -0.4 is 5.32 Å². The van der Waals surface area contributed by atoms with E-state index in [1.54, 1.807) is 6.92 Å². The number of hydrogen-bond donors (Lipinski definition) is 1. The van der Waals surface area contributed by atoms with Crippen LogP contribution in [0.4, 0.5) is 5.00 Å². The number of fused-ring (bicyclic) bond motifs is 1. The summed E-state index contributed by atoms with van der Waals surface area (Å²) >= 11 is 1.26. The Kier molecular flexibility index (Phi) is 5.83. The zero-order valence-corrected chi connectivity index (χ0v) is 16.6. The van der Waals surface area contributed by atoms with E-state index in [1.165, 1.54) is 16.2 Å². The summed E-state index contributed by atoms with van der Waals surface area (Å²) in [5.74, 6) is -1.89. The fourth-order valence-corrected chi connectivity index (χ4v) is 4.24. The van der Waals surface area contributed by atoms with Gasteiger partial charge >= 0.3 is 17.8 Å². The molecule has 2 amide bonds. The van der Waals surface area contributed by atoms with E-state index >= 15 is 0 Å². The molecule has 1 aromatic rings. The molecule has 27 heavy (non-hydrogen) atoms. The third kappa shape index (κ3) is 4.31. The van der Waals surface area contributed by atoms with Gasteiger partial charge in [0.15, 0.2) is 0 Å². The van der Waals surface area contributed by atoms with Crippen LogP contribution >= 0.6 is 11.3 Å². The number of rotatable bonds is 3. The number of thiophene rings is 1. The lowest BCUT2D eigenvalue weighted by atomic mass is 9.93. The first-order valence-corrected chi connectivity index (χ1v) is 9.77. The predicted octanol–water partition coefficient (Wildman–Crippen LogP) is 1.57. The van der Waals surface area contributed by atoms with Crippen LogP contribution in [0.3, 0.4) is 0 Å². The highest BCUT2D eigenvalue weighted by Crippen LogP contribution is 2.40. The van der Waals surface area contributed by atoms with Crippen LogP contribution in [0.2, 0.25) is 0 Å². The largest absolute Gasteiger partial charge is 0.462 e. The molecule has 1 aromatic heterocycles. The maximum absolute atomic E-state index is 12.5. The quantitative estimate of drug-likeness (QED) is 0.616. The van der Waals surface area contributed by atoms with Crippen molar-refractivity contribution in [3.05, 3.63) is 16.0 Å². The Hall–Kier alpha value is -1.97. The molecule has 0 radical (unpaired) electrons. The number of esters is 1. The van der Waals surface area contributed by atoms with Crippen LogP contribution in [0.1, 0.15) is 41.6 Å². The van der Waals surface area contributed by atoms with E-state index < -0.39 is 23.4 Å². The lowest BCUT2D eigenvalue weighted by molar-refractivity contribution is -0.145. The van der Waals surface area contributed by atoms with Crippen molar-refractivity contribution in [2.24, 2.45) is 0 Å². The van der Waals surface area contributed by atoms with Crippen molar-refractivity contribution < 1.29 is 28.6 Å². The molecule has 3 heterocycles. The average Bonchev–Trinajstić information content (AvgIpc) is 2.97. The van der Waals surface area contributed by atoms with E-state index in [9.17, 15) is 14.4 Å². The molecule has 0 atom stereocenters. The van der Waals surface area contributed by atoms with Gasteiger partial charge in [0.05, 0.1) is 37.6 Å². The third-order valence-electron chi connectivity index (χ3n) is 4.49. The SMILES string of the molecule is CCOC(=O)c1c(NC(=O)C(=O)N2CCOCC2)sc2c1CC(C)(C)OC2. The van der Waals surface area contributed by atoms with Crippen molar-refractivity contribution in [3.63, 3.8) is 0 Å². The van der Waals surface area contributed by atoms with Gasteiger partial charge in [-0.1, -0.05) is 0 Å². The van der Waals surface area contributed by atoms with Gasteiger partial charge in [-0.25, -0.2) is 4.79 Å². The van der Waals surface area contributed by atoms with Crippen molar-refractivity contribution in [1.82, 2.24) is 4.90 Å². The molecular formula is C18H24N2O6S. The number of carbonyl (C=O) groups excluding carboxylic acids is 3. The number of hydrogen-bond acceptors (Lipinski definition) is 7. The van der Waals surface area contributed by atoms with Crippen LogP contribution in [0.25, 0.3) is 0 Å². The van der Waals surface area contributed by atoms with Gasteiger partial charge in [0.2, 0.25) is 0 Å². The van der Waals surface area contributed by atoms with Gasteiger partial charge < -0.3 is 24.4 Å². The smallest absolute Gasteiger partial charge is 0.341 e. The summed E-state index contributed by atoms with van der Waals surface area (Å²) in [6.45, 7) is 7.77. The Morgan fingerprint density at radius 2 is 1.96 bits per heavy atom. The molecule has 0 saturated carbocycles. The number of amides is 2. The number of carbonyl (C=O) groups is 3. The first-order chi connectivity index (χ1) is 12.8. The molecule has 0 aromatic carbocycles. The van der Waals surface area contributed by atoms with Gasteiger partial charge in [0.1, 0.15) is 5.00 Å². The van der Waals surface area contributed by atoms with E-state index in [2.05, 4.69) is 5.32 Å². The lowest BCUT2D eigenvalue weighted by Crippen LogP contribution is -2.45. The molecule has 0 bridgehead atoms. The van der Waals surface area contributed by atoms with Crippen molar-refractivity contribution in [2.75, 3.05) is 38.2 Å². The maximum atomic E-state index is 12.5. The number of morpholine rings is 1. The minimum absolute atomic E-state index is 0.226. The Morgan fingerprint density at radius 1 is 1.26 bits per heavy atom. The first-order valence-electron chi connectivity index (χ1n) is 8.96. The number of nitrogens with one attached hydrogen (secondary N) is 1. The normalized spacial score (nSPS) is 18.6. The van der Waals surface area contributed by atoms with Gasteiger partial charge in [0.25, 0.3) is 0 Å². The molecule has 0 spiro atoms. The molecule has 9 heteroatoms. The van der Waals surface area contributed by atoms with Crippen LogP contribution in [0, 0.1) is 0 Å². The van der Waals surface area contributed by atoms with Crippen molar-refractivity contribution in [1.29, 1.82) is 0 Å². The van der Waals surface area contributed by atoms with E-state index in [0.29, 0.717) is 49.9 Å². The third-order valence-corrected chi connectivity index (χ3v) is 5.61. The monoisotopic (exact) mass is 396 g/mol. The van der Waals surface area contributed by atoms with Gasteiger partial charge in [-0.15, -0.1) is 11.3 Å². The Bertz CT molecular complexity index is 751. The highest BCUT2D eigenvalue weighted by Gasteiger charge is 2.35. The molecule has 8 nitrogen and oxygen atoms in total. The van der Waals surface area contributed by atoms with E-state index in [-0.39, 0.29) is 6.61 Å². The molecule has 1 N–H and O–H groups in total. The van der Waals surface area contributed by atoms with E-state index in [0.717, 1.165) is 10.4 Å². The molecule has 3 rings (SSSR count). The summed E-state index contributed by atoms with van der Waals surface area (Å²) in [6, 6.07) is 0. The molecular weight excluding hydrogens is 372 g/mol. The predicted molar refractivity (Wildman–Crippen MR) is 98.9 cm³/mol. The molecule has 0 unspecified atom stereocenters. The van der Waals surface area contributed by atoms with Gasteiger partial charge in [0, 0.05) is 24.4 Å². The Labute approximate surface area is 161 Å². The van der Waals surface area contributed by atoms with Crippen molar-refractivity contribution in [2.45, 2.75) is 39.4 Å². The molecule has 148 valence electrons. The average molecular weight is 396 g/mol. The van der Waals surface area contributed by atoms with Crippen LogP contribution in [0.15, 0.2) is 0 Å². The van der Waals surface area contributed by atoms with Gasteiger partial charge in [-0.3, -0.25) is 9.59 Å². The molecule has 0 aliphatic carbocycles. The highest BCUT2D eigenvalue weighted by atomic mass is 32.1. The summed E-state index contributed by atoms with van der Waals surface area (Å²) in [6.07, 6.45) is 0.528. The second-order valence-corrected chi connectivity index (χ2v) is 8.12. The standard InChI is InChI=1S/C18H24N2O6S/c1-4-25-17(23)13-11-9-18(2,3)26-10-12(11)27-15(13)19-14(21)16(22)20-5-7-24-8-6-20/h4-10H2,1-3H3,(H,19,21). The zero-order chi connectivity index (χ0) is 19.6. The Morgan fingerprint density at radius 3 is 2.63 bits per heavy atom. The van der Waals surface area contributed by atoms with Crippen LogP contribution in [-0.2, 0) is 36.8 Å². The molecule has 2 aliphatic heterocycles. The van der Waals surface area contributed by atoms with Gasteiger partial charge in [-0.2, -0.15) is 0 Å². The number of ether oxygens (including phenoxy) is 3. The fraction of sp³-hybridized carbons (Fsp3) is 0.611. The molecule has 1 fully saturated rings. The lowest BCUT2D eigenvalue weighted by Gasteiger charge is -2.30. The summed E-state index contributed by atoms with van der Waals surface area (Å²) in [5.41, 5.74) is 0.736. The van der Waals surface area contributed by atoms with Crippen LogP contribution in [0.5, 0.6) is 0 Å². The first kappa shape index (κ1) is 19.8. The minimum atomic E-state index is -0.763. The van der Waals surface area contributed by atoms with E-state index in [4.69, 9.17) is 14.2 Å². The summed E-state index contributed by atoms with van der Waals surface area (Å²) in [7, 11) is 0. The minimum Gasteiger partial charge on any atom is -0.462 e. The summed E-state index contributed by atoms with van der Waals surface area (Å²) in [4.78, 5) is 39.7. The van der Waals surface area contributed by atoms with Crippen molar-refractivity contribution >= 4 is 34.1 Å². The Balaban J connectivity index is 1.86. The highest BCUT2D eigenvalue weighted by molar-refractivity contribution is 7.17. The number of anilines is 1. The summed E-state index contributed by atoms with van der Waals surface area (Å²) < 4.78 is 16.2.